The van der Waals surface area contributed by atoms with Crippen molar-refractivity contribution < 1.29 is 13.2 Å². The number of amides is 1. The number of hydrogen-bond acceptors (Lipinski definition) is 6. The van der Waals surface area contributed by atoms with Crippen LogP contribution in [0.4, 0.5) is 5.13 Å². The summed E-state index contributed by atoms with van der Waals surface area (Å²) in [7, 11) is -2.90. The number of thiazole rings is 1. The maximum Gasteiger partial charge on any atom is 0.236 e. The maximum absolute atomic E-state index is 12.0. The van der Waals surface area contributed by atoms with Crippen LogP contribution in [-0.2, 0) is 21.1 Å². The number of aryl methyl sites for hydroxylation is 1. The third kappa shape index (κ3) is 5.05. The van der Waals surface area contributed by atoms with Gasteiger partial charge < -0.3 is 5.32 Å². The Morgan fingerprint density at radius 1 is 1.36 bits per heavy atom. The zero-order valence-corrected chi connectivity index (χ0v) is 16.3. The van der Waals surface area contributed by atoms with Crippen LogP contribution in [0.5, 0.6) is 0 Å². The van der Waals surface area contributed by atoms with E-state index < -0.39 is 9.84 Å². The lowest BCUT2D eigenvalue weighted by atomic mass is 10.1. The molecule has 0 bridgehead atoms. The van der Waals surface area contributed by atoms with Gasteiger partial charge in [-0.25, -0.2) is 13.4 Å². The number of nitrogens with one attached hydrogen (secondary N) is 1. The minimum Gasteiger partial charge on any atom is -0.301 e. The Kier molecular flexibility index (Phi) is 5.81. The van der Waals surface area contributed by atoms with Crippen molar-refractivity contribution in [3.05, 3.63) is 35.2 Å². The maximum atomic E-state index is 12.0. The van der Waals surface area contributed by atoms with Gasteiger partial charge in [0.05, 0.1) is 23.0 Å². The Hall–Kier alpha value is -1.38. The minimum atomic E-state index is -2.90. The average molecular weight is 397 g/mol. The molecule has 0 saturated carbocycles. The van der Waals surface area contributed by atoms with E-state index in [1.165, 1.54) is 28.7 Å². The van der Waals surface area contributed by atoms with E-state index in [0.29, 0.717) is 11.6 Å². The van der Waals surface area contributed by atoms with Crippen molar-refractivity contribution in [2.24, 2.45) is 0 Å². The van der Waals surface area contributed by atoms with Gasteiger partial charge in [0, 0.05) is 16.2 Å². The smallest absolute Gasteiger partial charge is 0.236 e. The van der Waals surface area contributed by atoms with Gasteiger partial charge in [-0.05, 0) is 18.4 Å². The third-order valence-corrected chi connectivity index (χ3v) is 8.09. The topological polar surface area (TPSA) is 76.1 Å². The fourth-order valence-corrected chi connectivity index (χ4v) is 6.80. The highest BCUT2D eigenvalue weighted by Gasteiger charge is 2.28. The molecule has 1 saturated heterocycles. The summed E-state index contributed by atoms with van der Waals surface area (Å²) in [5.74, 6) is 0.524. The van der Waals surface area contributed by atoms with E-state index in [4.69, 9.17) is 0 Å². The lowest BCUT2D eigenvalue weighted by Gasteiger charge is -2.06. The number of rotatable bonds is 6. The first-order chi connectivity index (χ1) is 11.9. The monoisotopic (exact) mass is 396 g/mol. The van der Waals surface area contributed by atoms with E-state index in [2.05, 4.69) is 29.4 Å². The van der Waals surface area contributed by atoms with Crippen molar-refractivity contribution in [3.63, 3.8) is 0 Å². The molecule has 5 nitrogen and oxygen atoms in total. The molecule has 134 valence electrons. The first-order valence-electron chi connectivity index (χ1n) is 8.12. The van der Waals surface area contributed by atoms with Crippen molar-refractivity contribution in [1.82, 2.24) is 4.98 Å². The van der Waals surface area contributed by atoms with Crippen molar-refractivity contribution in [3.8, 4) is 11.3 Å². The van der Waals surface area contributed by atoms with Crippen LogP contribution in [-0.4, -0.2) is 41.8 Å². The Balaban J connectivity index is 1.53. The van der Waals surface area contributed by atoms with Crippen molar-refractivity contribution in [2.45, 2.75) is 25.0 Å². The highest BCUT2D eigenvalue weighted by molar-refractivity contribution is 8.02. The first-order valence-corrected chi connectivity index (χ1v) is 11.9. The zero-order valence-electron chi connectivity index (χ0n) is 13.9. The summed E-state index contributed by atoms with van der Waals surface area (Å²) >= 11 is 2.80. The third-order valence-electron chi connectivity index (χ3n) is 4.05. The van der Waals surface area contributed by atoms with Gasteiger partial charge in [0.25, 0.3) is 0 Å². The van der Waals surface area contributed by atoms with Gasteiger partial charge >= 0.3 is 0 Å². The second-order valence-corrected chi connectivity index (χ2v) is 10.3. The molecule has 1 atom stereocenters. The van der Waals surface area contributed by atoms with Crippen LogP contribution >= 0.6 is 23.1 Å². The van der Waals surface area contributed by atoms with E-state index in [0.717, 1.165) is 17.7 Å². The van der Waals surface area contributed by atoms with Crippen LogP contribution in [0.3, 0.4) is 0 Å². The van der Waals surface area contributed by atoms with Crippen LogP contribution in [0.1, 0.15) is 18.9 Å². The number of sulfone groups is 1. The van der Waals surface area contributed by atoms with Gasteiger partial charge in [-0.1, -0.05) is 31.2 Å². The molecule has 1 aliphatic rings. The number of aromatic nitrogens is 1. The number of thioether (sulfide) groups is 1. The van der Waals surface area contributed by atoms with Crippen LogP contribution in [0.25, 0.3) is 11.3 Å². The summed E-state index contributed by atoms with van der Waals surface area (Å²) in [5.41, 5.74) is 3.15. The molecule has 0 unspecified atom stereocenters. The average Bonchev–Trinajstić information content (AvgIpc) is 3.19. The molecule has 1 aliphatic heterocycles. The fourth-order valence-electron chi connectivity index (χ4n) is 2.62. The molecule has 1 aromatic heterocycles. The number of carbonyl (C=O) groups is 1. The highest BCUT2D eigenvalue weighted by Crippen LogP contribution is 2.27. The SMILES string of the molecule is CCc1ccc(-c2csc(NC(=O)CS[C@@H]3CCS(=O)(=O)C3)n2)cc1. The molecule has 0 aliphatic carbocycles. The summed E-state index contributed by atoms with van der Waals surface area (Å²) in [6.45, 7) is 2.12. The number of anilines is 1. The highest BCUT2D eigenvalue weighted by atomic mass is 32.2. The van der Waals surface area contributed by atoms with Gasteiger partial charge in [-0.2, -0.15) is 0 Å². The van der Waals surface area contributed by atoms with Gasteiger partial charge in [0.1, 0.15) is 0 Å². The number of benzene rings is 1. The van der Waals surface area contributed by atoms with E-state index in [1.807, 2.05) is 17.5 Å². The first kappa shape index (κ1) is 18.4. The van der Waals surface area contributed by atoms with E-state index in [-0.39, 0.29) is 28.4 Å². The molecule has 2 heterocycles. The summed E-state index contributed by atoms with van der Waals surface area (Å²) in [6.07, 6.45) is 1.63. The van der Waals surface area contributed by atoms with Crippen LogP contribution in [0.15, 0.2) is 29.6 Å². The van der Waals surface area contributed by atoms with Crippen LogP contribution < -0.4 is 5.32 Å². The molecule has 1 amide bonds. The molecule has 8 heteroatoms. The quantitative estimate of drug-likeness (QED) is 0.811. The minimum absolute atomic E-state index is 0.0275. The number of carbonyl (C=O) groups excluding carboxylic acids is 1. The molecule has 1 N–H and O–H groups in total. The molecule has 1 aromatic carbocycles. The molecule has 0 spiro atoms. The summed E-state index contributed by atoms with van der Waals surface area (Å²) in [4.78, 5) is 16.5. The Labute approximate surface area is 156 Å². The summed E-state index contributed by atoms with van der Waals surface area (Å²) < 4.78 is 22.9. The Morgan fingerprint density at radius 3 is 2.76 bits per heavy atom. The largest absolute Gasteiger partial charge is 0.301 e. The zero-order chi connectivity index (χ0) is 17.9. The van der Waals surface area contributed by atoms with Crippen molar-refractivity contribution >= 4 is 44.0 Å². The molecule has 25 heavy (non-hydrogen) atoms. The molecular formula is C17H20N2O3S3. The van der Waals surface area contributed by atoms with E-state index >= 15 is 0 Å². The van der Waals surface area contributed by atoms with Crippen molar-refractivity contribution in [1.29, 1.82) is 0 Å². The van der Waals surface area contributed by atoms with Crippen LogP contribution in [0, 0.1) is 0 Å². The van der Waals surface area contributed by atoms with E-state index in [1.54, 1.807) is 0 Å². The summed E-state index contributed by atoms with van der Waals surface area (Å²) in [6, 6.07) is 8.24. The van der Waals surface area contributed by atoms with Gasteiger partial charge in [-0.3, -0.25) is 4.79 Å². The summed E-state index contributed by atoms with van der Waals surface area (Å²) in [5, 5.41) is 5.32. The Morgan fingerprint density at radius 2 is 2.12 bits per heavy atom. The lowest BCUT2D eigenvalue weighted by molar-refractivity contribution is -0.113. The second-order valence-electron chi connectivity index (χ2n) is 5.97. The van der Waals surface area contributed by atoms with Gasteiger partial charge in [-0.15, -0.1) is 23.1 Å². The molecule has 3 rings (SSSR count). The predicted molar refractivity (Wildman–Crippen MR) is 105 cm³/mol. The predicted octanol–water partition coefficient (Wildman–Crippen LogP) is 3.23. The molecule has 0 radical (unpaired) electrons. The van der Waals surface area contributed by atoms with Gasteiger partial charge in [0.15, 0.2) is 15.0 Å². The lowest BCUT2D eigenvalue weighted by Crippen LogP contribution is -2.17. The number of hydrogen-bond donors (Lipinski definition) is 1. The number of nitrogens with zero attached hydrogens (tertiary/aromatic N) is 1. The molecule has 1 fully saturated rings. The van der Waals surface area contributed by atoms with Crippen LogP contribution in [0.2, 0.25) is 0 Å². The van der Waals surface area contributed by atoms with E-state index in [9.17, 15) is 13.2 Å². The molecular weight excluding hydrogens is 376 g/mol. The Bertz CT molecular complexity index is 844. The normalized spacial score (nSPS) is 19.0. The second kappa shape index (κ2) is 7.88. The van der Waals surface area contributed by atoms with Crippen molar-refractivity contribution in [2.75, 3.05) is 22.6 Å². The molecule has 2 aromatic rings. The standard InChI is InChI=1S/C17H20N2O3S3/c1-2-12-3-5-13(6-4-12)15-9-24-17(18-15)19-16(20)10-23-14-7-8-25(21,22)11-14/h3-6,9,14H,2,7-8,10-11H2,1H3,(H,18,19,20)/t14-/m1/s1. The van der Waals surface area contributed by atoms with Gasteiger partial charge in [0.2, 0.25) is 5.91 Å². The fraction of sp³-hybridized carbons (Fsp3) is 0.412.